The van der Waals surface area contributed by atoms with Crippen LogP contribution in [0.1, 0.15) is 39.5 Å². The molecule has 16 heavy (non-hydrogen) atoms. The Hall–Kier alpha value is -0.900. The minimum atomic E-state index is -0.402. The predicted octanol–water partition coefficient (Wildman–Crippen LogP) is 1.34. The first kappa shape index (κ1) is 11.6. The highest BCUT2D eigenvalue weighted by Gasteiger charge is 2.34. The highest BCUT2D eigenvalue weighted by molar-refractivity contribution is 5.90. The van der Waals surface area contributed by atoms with Crippen molar-refractivity contribution in [2.75, 3.05) is 13.1 Å². The van der Waals surface area contributed by atoms with Gasteiger partial charge in [-0.15, -0.1) is 0 Å². The maximum Gasteiger partial charge on any atom is 0.327 e. The molecule has 90 valence electrons. The van der Waals surface area contributed by atoms with Crippen LogP contribution in [-0.2, 0) is 14.3 Å². The lowest BCUT2D eigenvalue weighted by Gasteiger charge is -2.40. The molecule has 0 bridgehead atoms. The molecule has 1 aliphatic carbocycles. The summed E-state index contributed by atoms with van der Waals surface area (Å²) >= 11 is 0. The fourth-order valence-electron chi connectivity index (χ4n) is 2.59. The van der Waals surface area contributed by atoms with Crippen molar-refractivity contribution in [3.05, 3.63) is 0 Å². The fraction of sp³-hybridized carbons (Fsp3) is 0.833. The van der Waals surface area contributed by atoms with Gasteiger partial charge in [0.25, 0.3) is 0 Å². The summed E-state index contributed by atoms with van der Waals surface area (Å²) in [5.74, 6) is -0.804. The number of carbonyl (C=O) groups excluding carboxylic acids is 2. The molecule has 0 atom stereocenters. The van der Waals surface area contributed by atoms with Crippen LogP contribution in [0, 0.1) is 5.41 Å². The van der Waals surface area contributed by atoms with E-state index in [9.17, 15) is 9.59 Å². The Morgan fingerprint density at radius 1 is 1.12 bits per heavy atom. The summed E-state index contributed by atoms with van der Waals surface area (Å²) in [5.41, 5.74) is 0.413. The Balaban J connectivity index is 1.93. The van der Waals surface area contributed by atoms with E-state index in [1.807, 2.05) is 4.90 Å². The van der Waals surface area contributed by atoms with Crippen LogP contribution < -0.4 is 0 Å². The largest absolute Gasteiger partial charge is 0.391 e. The third kappa shape index (κ3) is 2.61. The molecular weight excluding hydrogens is 206 g/mol. The quantitative estimate of drug-likeness (QED) is 0.499. The van der Waals surface area contributed by atoms with Crippen molar-refractivity contribution in [3.8, 4) is 0 Å². The highest BCUT2D eigenvalue weighted by atomic mass is 16.6. The summed E-state index contributed by atoms with van der Waals surface area (Å²) in [5, 5.41) is 0. The number of ether oxygens (including phenoxy) is 1. The molecule has 4 nitrogen and oxygen atoms in total. The lowest BCUT2D eigenvalue weighted by Crippen LogP contribution is -2.49. The van der Waals surface area contributed by atoms with E-state index in [-0.39, 0.29) is 13.1 Å². The zero-order chi connectivity index (χ0) is 11.8. The third-order valence-corrected chi connectivity index (χ3v) is 3.72. The number of nitrogens with zero attached hydrogens (tertiary/aromatic N) is 1. The van der Waals surface area contributed by atoms with Gasteiger partial charge in [-0.25, -0.2) is 0 Å². The Kier molecular flexibility index (Phi) is 3.02. The molecule has 0 aromatic rings. The molecule has 0 unspecified atom stereocenters. The molecule has 1 aliphatic heterocycles. The molecule has 1 heterocycles. The predicted molar refractivity (Wildman–Crippen MR) is 58.7 cm³/mol. The van der Waals surface area contributed by atoms with Gasteiger partial charge in [0.05, 0.1) is 13.1 Å². The average molecular weight is 225 g/mol. The number of esters is 2. The van der Waals surface area contributed by atoms with Crippen LogP contribution in [0.2, 0.25) is 0 Å². The lowest BCUT2D eigenvalue weighted by molar-refractivity contribution is -0.168. The van der Waals surface area contributed by atoms with Crippen LogP contribution in [0.3, 0.4) is 0 Å². The minimum absolute atomic E-state index is 0.275. The van der Waals surface area contributed by atoms with E-state index >= 15 is 0 Å². The molecule has 2 fully saturated rings. The zero-order valence-electron chi connectivity index (χ0n) is 9.99. The van der Waals surface area contributed by atoms with E-state index in [1.54, 1.807) is 0 Å². The highest BCUT2D eigenvalue weighted by Crippen LogP contribution is 2.37. The minimum Gasteiger partial charge on any atom is -0.391 e. The molecule has 0 spiro atoms. The van der Waals surface area contributed by atoms with Crippen molar-refractivity contribution in [1.29, 1.82) is 0 Å². The Morgan fingerprint density at radius 3 is 2.12 bits per heavy atom. The molecule has 0 aromatic heterocycles. The second-order valence-corrected chi connectivity index (χ2v) is 5.65. The van der Waals surface area contributed by atoms with Gasteiger partial charge in [0, 0.05) is 6.04 Å². The van der Waals surface area contributed by atoms with E-state index in [1.165, 1.54) is 0 Å². The lowest BCUT2D eigenvalue weighted by atomic mass is 9.75. The van der Waals surface area contributed by atoms with E-state index in [0.29, 0.717) is 11.5 Å². The average Bonchev–Trinajstić information content (AvgIpc) is 2.15. The zero-order valence-corrected chi connectivity index (χ0v) is 9.99. The van der Waals surface area contributed by atoms with Gasteiger partial charge in [-0.2, -0.15) is 0 Å². The van der Waals surface area contributed by atoms with Gasteiger partial charge >= 0.3 is 11.9 Å². The van der Waals surface area contributed by atoms with Crippen LogP contribution in [0.25, 0.3) is 0 Å². The van der Waals surface area contributed by atoms with Gasteiger partial charge in [-0.1, -0.05) is 13.8 Å². The van der Waals surface area contributed by atoms with Crippen LogP contribution in [0.4, 0.5) is 0 Å². The Bertz CT molecular complexity index is 285. The molecule has 2 aliphatic rings. The van der Waals surface area contributed by atoms with Crippen LogP contribution in [0.5, 0.6) is 0 Å². The summed E-state index contributed by atoms with van der Waals surface area (Å²) < 4.78 is 4.53. The maximum atomic E-state index is 11.2. The molecular formula is C12H19NO3. The molecule has 0 amide bonds. The molecule has 1 saturated carbocycles. The van der Waals surface area contributed by atoms with E-state index in [2.05, 4.69) is 18.6 Å². The molecule has 4 heteroatoms. The van der Waals surface area contributed by atoms with Gasteiger partial charge in [0.2, 0.25) is 0 Å². The topological polar surface area (TPSA) is 46.6 Å². The Labute approximate surface area is 95.9 Å². The van der Waals surface area contributed by atoms with Crippen LogP contribution >= 0.6 is 0 Å². The summed E-state index contributed by atoms with van der Waals surface area (Å²) in [6, 6.07) is 0.379. The van der Waals surface area contributed by atoms with Crippen molar-refractivity contribution in [3.63, 3.8) is 0 Å². The second kappa shape index (κ2) is 4.17. The fourth-order valence-corrected chi connectivity index (χ4v) is 2.59. The van der Waals surface area contributed by atoms with Crippen molar-refractivity contribution < 1.29 is 14.3 Å². The smallest absolute Gasteiger partial charge is 0.327 e. The first-order valence-electron chi connectivity index (χ1n) is 5.94. The van der Waals surface area contributed by atoms with Gasteiger partial charge in [0.15, 0.2) is 0 Å². The first-order chi connectivity index (χ1) is 7.46. The first-order valence-corrected chi connectivity index (χ1v) is 5.94. The standard InChI is InChI=1S/C12H19NO3/c1-12(2)5-3-9(4-6-12)13-7-10(14)16-11(15)8-13/h9H,3-8H2,1-2H3. The number of rotatable bonds is 1. The number of carbonyl (C=O) groups is 2. The van der Waals surface area contributed by atoms with Crippen molar-refractivity contribution in [2.45, 2.75) is 45.6 Å². The normalized spacial score (nSPS) is 27.9. The Morgan fingerprint density at radius 2 is 1.62 bits per heavy atom. The van der Waals surface area contributed by atoms with Crippen molar-refractivity contribution >= 4 is 11.9 Å². The molecule has 0 N–H and O–H groups in total. The van der Waals surface area contributed by atoms with E-state index in [0.717, 1.165) is 25.7 Å². The summed E-state index contributed by atoms with van der Waals surface area (Å²) in [6.07, 6.45) is 4.48. The SMILES string of the molecule is CC1(C)CCC(N2CC(=O)OC(=O)C2)CC1. The van der Waals surface area contributed by atoms with Crippen LogP contribution in [-0.4, -0.2) is 36.0 Å². The monoisotopic (exact) mass is 225 g/mol. The molecule has 0 radical (unpaired) electrons. The molecule has 0 aromatic carbocycles. The number of hydrogen-bond donors (Lipinski definition) is 0. The summed E-state index contributed by atoms with van der Waals surface area (Å²) in [6.45, 7) is 5.10. The van der Waals surface area contributed by atoms with E-state index < -0.39 is 11.9 Å². The van der Waals surface area contributed by atoms with Gasteiger partial charge < -0.3 is 4.74 Å². The summed E-state index contributed by atoms with van der Waals surface area (Å²) in [4.78, 5) is 24.3. The maximum absolute atomic E-state index is 11.2. The van der Waals surface area contributed by atoms with Crippen molar-refractivity contribution in [2.24, 2.45) is 5.41 Å². The van der Waals surface area contributed by atoms with E-state index in [4.69, 9.17) is 0 Å². The number of hydrogen-bond acceptors (Lipinski definition) is 4. The van der Waals surface area contributed by atoms with Crippen LogP contribution in [0.15, 0.2) is 0 Å². The second-order valence-electron chi connectivity index (χ2n) is 5.65. The number of cyclic esters (lactones) is 2. The summed E-state index contributed by atoms with van der Waals surface area (Å²) in [7, 11) is 0. The van der Waals surface area contributed by atoms with Gasteiger partial charge in [-0.05, 0) is 31.1 Å². The van der Waals surface area contributed by atoms with Gasteiger partial charge in [0.1, 0.15) is 0 Å². The third-order valence-electron chi connectivity index (χ3n) is 3.72. The number of morpholine rings is 1. The molecule has 2 rings (SSSR count). The van der Waals surface area contributed by atoms with Crippen molar-refractivity contribution in [1.82, 2.24) is 4.90 Å². The van der Waals surface area contributed by atoms with Gasteiger partial charge in [-0.3, -0.25) is 14.5 Å². The molecule has 1 saturated heterocycles.